The first-order chi connectivity index (χ1) is 14.6. The molecule has 2 aliphatic rings. The lowest BCUT2D eigenvalue weighted by Crippen LogP contribution is -2.35. The first-order valence-electron chi connectivity index (χ1n) is 10.7. The van der Waals surface area contributed by atoms with Gasteiger partial charge in [-0.05, 0) is 55.7 Å². The van der Waals surface area contributed by atoms with Gasteiger partial charge < -0.3 is 20.3 Å². The third-order valence-corrected chi connectivity index (χ3v) is 5.70. The summed E-state index contributed by atoms with van der Waals surface area (Å²) >= 11 is 0. The molecule has 2 atom stereocenters. The first-order valence-corrected chi connectivity index (χ1v) is 10.7. The summed E-state index contributed by atoms with van der Waals surface area (Å²) < 4.78 is 5.39. The van der Waals surface area contributed by atoms with Crippen LogP contribution in [-0.4, -0.2) is 42.8 Å². The maximum atomic E-state index is 12.0. The van der Waals surface area contributed by atoms with Crippen molar-refractivity contribution in [2.24, 2.45) is 0 Å². The van der Waals surface area contributed by atoms with E-state index < -0.39 is 0 Å². The van der Waals surface area contributed by atoms with Crippen LogP contribution in [0.3, 0.4) is 0 Å². The molecular formula is C25H29N3O2. The number of benzene rings is 2. The lowest BCUT2D eigenvalue weighted by atomic mass is 10.0. The Hall–Kier alpha value is -2.81. The van der Waals surface area contributed by atoms with E-state index in [1.165, 1.54) is 5.56 Å². The molecule has 0 aliphatic carbocycles. The van der Waals surface area contributed by atoms with E-state index in [0.717, 1.165) is 42.9 Å². The third-order valence-electron chi connectivity index (χ3n) is 5.70. The number of amides is 2. The molecule has 2 aliphatic heterocycles. The molecule has 0 saturated carbocycles. The largest absolute Gasteiger partial charge is 0.380 e. The average molecular weight is 404 g/mol. The summed E-state index contributed by atoms with van der Waals surface area (Å²) in [6, 6.07) is 17.3. The topological polar surface area (TPSA) is 53.6 Å². The van der Waals surface area contributed by atoms with Crippen LogP contribution in [0.2, 0.25) is 0 Å². The Labute approximate surface area is 178 Å². The predicted octanol–water partition coefficient (Wildman–Crippen LogP) is 3.44. The van der Waals surface area contributed by atoms with Crippen molar-refractivity contribution in [1.82, 2.24) is 15.5 Å². The van der Waals surface area contributed by atoms with Gasteiger partial charge in [-0.3, -0.25) is 0 Å². The number of carbonyl (C=O) groups excluding carboxylic acids is 1. The number of nitrogens with one attached hydrogen (secondary N) is 2. The minimum Gasteiger partial charge on any atom is -0.380 e. The number of urea groups is 1. The van der Waals surface area contributed by atoms with E-state index in [2.05, 4.69) is 58.9 Å². The number of nitrogens with zero attached hydrogens (tertiary/aromatic N) is 1. The summed E-state index contributed by atoms with van der Waals surface area (Å²) in [6.45, 7) is 7.26. The van der Waals surface area contributed by atoms with Crippen LogP contribution in [0, 0.1) is 11.8 Å². The van der Waals surface area contributed by atoms with Gasteiger partial charge in [0.05, 0.1) is 12.6 Å². The molecule has 2 fully saturated rings. The molecule has 156 valence electrons. The van der Waals surface area contributed by atoms with Gasteiger partial charge in [0.2, 0.25) is 0 Å². The smallest absolute Gasteiger partial charge is 0.318 e. The minimum atomic E-state index is 0.00842. The van der Waals surface area contributed by atoms with Crippen LogP contribution in [-0.2, 0) is 11.3 Å². The van der Waals surface area contributed by atoms with Crippen molar-refractivity contribution in [2.45, 2.75) is 44.9 Å². The lowest BCUT2D eigenvalue weighted by molar-refractivity contribution is 0.187. The minimum absolute atomic E-state index is 0.00842. The molecule has 2 heterocycles. The second-order valence-corrected chi connectivity index (χ2v) is 8.21. The second kappa shape index (κ2) is 9.34. The van der Waals surface area contributed by atoms with Crippen LogP contribution in [0.25, 0.3) is 0 Å². The Balaban J connectivity index is 1.36. The van der Waals surface area contributed by atoms with Crippen molar-refractivity contribution in [1.29, 1.82) is 0 Å². The van der Waals surface area contributed by atoms with Crippen molar-refractivity contribution in [3.8, 4) is 11.8 Å². The molecule has 0 spiro atoms. The van der Waals surface area contributed by atoms with E-state index in [1.807, 2.05) is 30.9 Å². The number of carbonyl (C=O) groups is 1. The van der Waals surface area contributed by atoms with Gasteiger partial charge in [-0.2, -0.15) is 0 Å². The summed E-state index contributed by atoms with van der Waals surface area (Å²) in [7, 11) is 0. The van der Waals surface area contributed by atoms with Crippen molar-refractivity contribution < 1.29 is 9.53 Å². The fourth-order valence-corrected chi connectivity index (χ4v) is 3.98. The van der Waals surface area contributed by atoms with Crippen molar-refractivity contribution in [2.75, 3.05) is 19.8 Å². The van der Waals surface area contributed by atoms with E-state index in [1.54, 1.807) is 0 Å². The normalized spacial score (nSPS) is 20.9. The zero-order chi connectivity index (χ0) is 20.9. The molecule has 2 saturated heterocycles. The third kappa shape index (κ3) is 4.84. The molecule has 5 nitrogen and oxygen atoms in total. The molecule has 4 rings (SSSR count). The second-order valence-electron chi connectivity index (χ2n) is 8.21. The highest BCUT2D eigenvalue weighted by Crippen LogP contribution is 2.26. The van der Waals surface area contributed by atoms with E-state index in [-0.39, 0.29) is 18.1 Å². The molecule has 5 heteroatoms. The van der Waals surface area contributed by atoms with Crippen LogP contribution < -0.4 is 10.6 Å². The quantitative estimate of drug-likeness (QED) is 0.752. The number of rotatable bonds is 5. The van der Waals surface area contributed by atoms with Crippen molar-refractivity contribution in [3.63, 3.8) is 0 Å². The zero-order valence-electron chi connectivity index (χ0n) is 17.7. The van der Waals surface area contributed by atoms with Crippen LogP contribution in [0.1, 0.15) is 48.6 Å². The molecular weight excluding hydrogens is 374 g/mol. The fourth-order valence-electron chi connectivity index (χ4n) is 3.98. The Bertz CT molecular complexity index is 920. The SMILES string of the molecule is CC(C)N1C(=O)NCC1c1ccc(C#Cc2ccc(CNC3CCOC3)cc2)cc1. The molecule has 0 bridgehead atoms. The molecule has 2 unspecified atom stereocenters. The van der Waals surface area contributed by atoms with Crippen LogP contribution in [0.4, 0.5) is 4.79 Å². The van der Waals surface area contributed by atoms with Gasteiger partial charge in [-0.1, -0.05) is 36.1 Å². The van der Waals surface area contributed by atoms with Gasteiger partial charge in [0.25, 0.3) is 0 Å². The predicted molar refractivity (Wildman–Crippen MR) is 118 cm³/mol. The first kappa shape index (κ1) is 20.5. The van der Waals surface area contributed by atoms with E-state index >= 15 is 0 Å². The standard InChI is InChI=1S/C25H29N3O2/c1-18(2)28-24(16-27-25(28)29)22-11-9-20(10-12-22)4-3-19-5-7-21(8-6-19)15-26-23-13-14-30-17-23/h5-12,18,23-24,26H,13-17H2,1-2H3,(H,27,29). The van der Waals surface area contributed by atoms with E-state index in [0.29, 0.717) is 12.6 Å². The summed E-state index contributed by atoms with van der Waals surface area (Å²) in [4.78, 5) is 13.9. The van der Waals surface area contributed by atoms with Gasteiger partial charge >= 0.3 is 6.03 Å². The molecule has 30 heavy (non-hydrogen) atoms. The summed E-state index contributed by atoms with van der Waals surface area (Å²) in [5.74, 6) is 6.48. The number of hydrogen-bond acceptors (Lipinski definition) is 3. The molecule has 2 N–H and O–H groups in total. The number of ether oxygens (including phenoxy) is 1. The fraction of sp³-hybridized carbons (Fsp3) is 0.400. The van der Waals surface area contributed by atoms with Crippen molar-refractivity contribution in [3.05, 3.63) is 70.8 Å². The van der Waals surface area contributed by atoms with Crippen LogP contribution >= 0.6 is 0 Å². The summed E-state index contributed by atoms with van der Waals surface area (Å²) in [5.41, 5.74) is 4.37. The highest BCUT2D eigenvalue weighted by atomic mass is 16.5. The number of hydrogen-bond donors (Lipinski definition) is 2. The van der Waals surface area contributed by atoms with Crippen molar-refractivity contribution >= 4 is 6.03 Å². The summed E-state index contributed by atoms with van der Waals surface area (Å²) in [6.07, 6.45) is 1.09. The van der Waals surface area contributed by atoms with Crippen LogP contribution in [0.5, 0.6) is 0 Å². The van der Waals surface area contributed by atoms with Gasteiger partial charge in [-0.15, -0.1) is 0 Å². The maximum absolute atomic E-state index is 12.0. The molecule has 2 aromatic rings. The van der Waals surface area contributed by atoms with Gasteiger partial charge in [0.15, 0.2) is 0 Å². The molecule has 0 radical (unpaired) electrons. The summed E-state index contributed by atoms with van der Waals surface area (Å²) in [5, 5.41) is 6.46. The Morgan fingerprint density at radius 2 is 1.77 bits per heavy atom. The van der Waals surface area contributed by atoms with Gasteiger partial charge in [-0.25, -0.2) is 4.79 Å². The Morgan fingerprint density at radius 1 is 1.10 bits per heavy atom. The van der Waals surface area contributed by atoms with E-state index in [4.69, 9.17) is 4.74 Å². The maximum Gasteiger partial charge on any atom is 0.318 e. The zero-order valence-corrected chi connectivity index (χ0v) is 17.7. The van der Waals surface area contributed by atoms with Crippen LogP contribution in [0.15, 0.2) is 48.5 Å². The molecule has 0 aromatic heterocycles. The Kier molecular flexibility index (Phi) is 6.37. The highest BCUT2D eigenvalue weighted by molar-refractivity contribution is 5.77. The highest BCUT2D eigenvalue weighted by Gasteiger charge is 2.33. The average Bonchev–Trinajstić information content (AvgIpc) is 3.41. The lowest BCUT2D eigenvalue weighted by Gasteiger charge is -2.27. The Morgan fingerprint density at radius 3 is 2.37 bits per heavy atom. The molecule has 2 amide bonds. The van der Waals surface area contributed by atoms with E-state index in [9.17, 15) is 4.79 Å². The monoisotopic (exact) mass is 403 g/mol. The van der Waals surface area contributed by atoms with Gasteiger partial charge in [0.1, 0.15) is 0 Å². The van der Waals surface area contributed by atoms with Gasteiger partial charge in [0, 0.05) is 42.9 Å². The molecule has 2 aromatic carbocycles.